The lowest BCUT2D eigenvalue weighted by atomic mass is 10.2. The minimum atomic E-state index is 0.125. The molecule has 1 aromatic rings. The molecule has 0 saturated carbocycles. The first-order valence-electron chi connectivity index (χ1n) is 5.40. The van der Waals surface area contributed by atoms with Gasteiger partial charge in [-0.2, -0.15) is 0 Å². The van der Waals surface area contributed by atoms with E-state index in [0.717, 1.165) is 5.56 Å². The van der Waals surface area contributed by atoms with Crippen LogP contribution in [0.25, 0.3) is 0 Å². The maximum Gasteiger partial charge on any atom is 0.233 e. The van der Waals surface area contributed by atoms with Crippen molar-refractivity contribution in [2.45, 2.75) is 11.8 Å². The topological polar surface area (TPSA) is 40.5 Å². The van der Waals surface area contributed by atoms with E-state index in [1.165, 1.54) is 0 Å². The smallest absolute Gasteiger partial charge is 0.233 e. The molecule has 1 fully saturated rings. The molecule has 1 N–H and O–H groups in total. The minimum Gasteiger partial charge on any atom is -0.396 e. The highest BCUT2D eigenvalue weighted by Gasteiger charge is 2.31. The predicted octanol–water partition coefficient (Wildman–Crippen LogP) is 1.64. The average molecular weight is 237 g/mol. The molecule has 1 unspecified atom stereocenters. The van der Waals surface area contributed by atoms with Gasteiger partial charge in [-0.15, -0.1) is 11.8 Å². The fraction of sp³-hybridized carbons (Fsp3) is 0.417. The van der Waals surface area contributed by atoms with Crippen LogP contribution in [0.4, 0.5) is 0 Å². The molecule has 3 nitrogen and oxygen atoms in total. The monoisotopic (exact) mass is 237 g/mol. The number of hydrogen-bond donors (Lipinski definition) is 1. The van der Waals surface area contributed by atoms with Gasteiger partial charge in [-0.1, -0.05) is 30.3 Å². The lowest BCUT2D eigenvalue weighted by Crippen LogP contribution is -2.29. The van der Waals surface area contributed by atoms with Gasteiger partial charge in [0.2, 0.25) is 5.91 Å². The number of benzene rings is 1. The standard InChI is InChI=1S/C12H15NO2S/c14-8-4-7-13-11(15)9-16-12(13)10-5-2-1-3-6-10/h1-3,5-6,12,14H,4,7-9H2. The molecule has 1 atom stereocenters. The summed E-state index contributed by atoms with van der Waals surface area (Å²) in [7, 11) is 0. The van der Waals surface area contributed by atoms with E-state index < -0.39 is 0 Å². The van der Waals surface area contributed by atoms with Crippen molar-refractivity contribution in [1.29, 1.82) is 0 Å². The van der Waals surface area contributed by atoms with Crippen LogP contribution in [0.5, 0.6) is 0 Å². The lowest BCUT2D eigenvalue weighted by Gasteiger charge is -2.23. The van der Waals surface area contributed by atoms with E-state index >= 15 is 0 Å². The second-order valence-corrected chi connectivity index (χ2v) is 4.81. The van der Waals surface area contributed by atoms with Crippen LogP contribution in [-0.2, 0) is 4.79 Å². The van der Waals surface area contributed by atoms with Gasteiger partial charge in [0.1, 0.15) is 5.37 Å². The number of nitrogens with zero attached hydrogens (tertiary/aromatic N) is 1. The van der Waals surface area contributed by atoms with Crippen LogP contribution in [-0.4, -0.2) is 34.8 Å². The van der Waals surface area contributed by atoms with Crippen LogP contribution in [0.3, 0.4) is 0 Å². The van der Waals surface area contributed by atoms with E-state index in [2.05, 4.69) is 0 Å². The number of carbonyl (C=O) groups excluding carboxylic acids is 1. The van der Waals surface area contributed by atoms with Gasteiger partial charge in [0.15, 0.2) is 0 Å². The van der Waals surface area contributed by atoms with Crippen molar-refractivity contribution in [3.8, 4) is 0 Å². The third-order valence-corrected chi connectivity index (χ3v) is 3.87. The molecule has 16 heavy (non-hydrogen) atoms. The largest absolute Gasteiger partial charge is 0.396 e. The maximum absolute atomic E-state index is 11.7. The van der Waals surface area contributed by atoms with Crippen molar-refractivity contribution in [2.75, 3.05) is 18.9 Å². The number of amides is 1. The minimum absolute atomic E-state index is 0.125. The van der Waals surface area contributed by atoms with E-state index in [0.29, 0.717) is 18.7 Å². The van der Waals surface area contributed by atoms with Crippen LogP contribution in [0.1, 0.15) is 17.4 Å². The first kappa shape index (κ1) is 11.5. The van der Waals surface area contributed by atoms with Gasteiger partial charge in [-0.05, 0) is 12.0 Å². The summed E-state index contributed by atoms with van der Waals surface area (Å²) >= 11 is 1.66. The Balaban J connectivity index is 2.11. The van der Waals surface area contributed by atoms with Crippen molar-refractivity contribution >= 4 is 17.7 Å². The Morgan fingerprint density at radius 1 is 1.38 bits per heavy atom. The number of hydrogen-bond acceptors (Lipinski definition) is 3. The Hall–Kier alpha value is -1.00. The molecule has 0 bridgehead atoms. The molecule has 1 aromatic carbocycles. The average Bonchev–Trinajstić information content (AvgIpc) is 2.69. The molecule has 1 heterocycles. The zero-order valence-corrected chi connectivity index (χ0v) is 9.82. The van der Waals surface area contributed by atoms with Gasteiger partial charge in [0.25, 0.3) is 0 Å². The molecular formula is C12H15NO2S. The van der Waals surface area contributed by atoms with Crippen molar-refractivity contribution in [3.63, 3.8) is 0 Å². The number of carbonyl (C=O) groups is 1. The Morgan fingerprint density at radius 2 is 2.12 bits per heavy atom. The van der Waals surface area contributed by atoms with E-state index in [1.807, 2.05) is 35.2 Å². The van der Waals surface area contributed by atoms with Crippen molar-refractivity contribution in [1.82, 2.24) is 4.90 Å². The van der Waals surface area contributed by atoms with Crippen molar-refractivity contribution in [3.05, 3.63) is 35.9 Å². The number of aliphatic hydroxyl groups is 1. The summed E-state index contributed by atoms with van der Waals surface area (Å²) in [6, 6.07) is 10.0. The molecular weight excluding hydrogens is 222 g/mol. The summed E-state index contributed by atoms with van der Waals surface area (Å²) in [5.74, 6) is 0.720. The van der Waals surface area contributed by atoms with E-state index in [-0.39, 0.29) is 17.9 Å². The van der Waals surface area contributed by atoms with Crippen LogP contribution in [0.15, 0.2) is 30.3 Å². The third kappa shape index (κ3) is 2.39. The van der Waals surface area contributed by atoms with Crippen molar-refractivity contribution < 1.29 is 9.90 Å². The van der Waals surface area contributed by atoms with Crippen LogP contribution < -0.4 is 0 Å². The molecule has 86 valence electrons. The molecule has 1 aliphatic rings. The summed E-state index contributed by atoms with van der Waals surface area (Å²) in [6.45, 7) is 0.776. The second-order valence-electron chi connectivity index (χ2n) is 3.74. The summed E-state index contributed by atoms with van der Waals surface area (Å²) in [5.41, 5.74) is 1.16. The van der Waals surface area contributed by atoms with Crippen LogP contribution >= 0.6 is 11.8 Å². The summed E-state index contributed by atoms with van der Waals surface area (Å²) in [4.78, 5) is 13.5. The Labute approximate surface area is 99.5 Å². The fourth-order valence-corrected chi connectivity index (χ4v) is 3.05. The molecule has 4 heteroatoms. The van der Waals surface area contributed by atoms with Crippen LogP contribution in [0.2, 0.25) is 0 Å². The Bertz CT molecular complexity index is 355. The van der Waals surface area contributed by atoms with Gasteiger partial charge in [-0.3, -0.25) is 4.79 Å². The maximum atomic E-state index is 11.7. The van der Waals surface area contributed by atoms with E-state index in [9.17, 15) is 4.79 Å². The van der Waals surface area contributed by atoms with E-state index in [4.69, 9.17) is 5.11 Å². The van der Waals surface area contributed by atoms with Gasteiger partial charge in [-0.25, -0.2) is 0 Å². The summed E-state index contributed by atoms with van der Waals surface area (Å²) in [5, 5.41) is 8.95. The molecule has 0 spiro atoms. The summed E-state index contributed by atoms with van der Waals surface area (Å²) in [6.07, 6.45) is 0.648. The highest BCUT2D eigenvalue weighted by atomic mass is 32.2. The lowest BCUT2D eigenvalue weighted by molar-refractivity contribution is -0.128. The molecule has 1 amide bonds. The van der Waals surface area contributed by atoms with E-state index in [1.54, 1.807) is 11.8 Å². The first-order chi connectivity index (χ1) is 7.83. The zero-order valence-electron chi connectivity index (χ0n) is 9.00. The first-order valence-corrected chi connectivity index (χ1v) is 6.44. The Morgan fingerprint density at radius 3 is 2.81 bits per heavy atom. The molecule has 0 aromatic heterocycles. The second kappa shape index (κ2) is 5.37. The Kier molecular flexibility index (Phi) is 3.85. The highest BCUT2D eigenvalue weighted by molar-refractivity contribution is 8.00. The molecule has 1 aliphatic heterocycles. The number of thioether (sulfide) groups is 1. The third-order valence-electron chi connectivity index (χ3n) is 2.61. The number of aliphatic hydroxyl groups excluding tert-OH is 1. The quantitative estimate of drug-likeness (QED) is 0.865. The molecule has 2 rings (SSSR count). The van der Waals surface area contributed by atoms with Gasteiger partial charge in [0.05, 0.1) is 5.75 Å². The predicted molar refractivity (Wildman–Crippen MR) is 65.1 cm³/mol. The summed E-state index contributed by atoms with van der Waals surface area (Å²) < 4.78 is 0. The zero-order chi connectivity index (χ0) is 11.4. The van der Waals surface area contributed by atoms with Gasteiger partial charge in [0, 0.05) is 13.2 Å². The molecule has 0 aliphatic carbocycles. The van der Waals surface area contributed by atoms with Crippen LogP contribution in [0, 0.1) is 0 Å². The van der Waals surface area contributed by atoms with Gasteiger partial charge < -0.3 is 10.0 Å². The SMILES string of the molecule is O=C1CSC(c2ccccc2)N1CCCO. The number of rotatable bonds is 4. The van der Waals surface area contributed by atoms with Crippen molar-refractivity contribution in [2.24, 2.45) is 0 Å². The van der Waals surface area contributed by atoms with Gasteiger partial charge >= 0.3 is 0 Å². The molecule has 0 radical (unpaired) electrons. The normalized spacial score (nSPS) is 20.4. The highest BCUT2D eigenvalue weighted by Crippen LogP contribution is 2.38. The fourth-order valence-electron chi connectivity index (χ4n) is 1.83. The molecule has 1 saturated heterocycles.